The van der Waals surface area contributed by atoms with E-state index in [0.717, 1.165) is 24.5 Å². The summed E-state index contributed by atoms with van der Waals surface area (Å²) in [6.07, 6.45) is 0.948. The maximum Gasteiger partial charge on any atom is 0.231 e. The van der Waals surface area contributed by atoms with Gasteiger partial charge in [0.2, 0.25) is 12.5 Å². The van der Waals surface area contributed by atoms with Gasteiger partial charge in [-0.2, -0.15) is 0 Å². The van der Waals surface area contributed by atoms with E-state index in [-0.39, 0.29) is 6.79 Å². The molecule has 2 rings (SSSR count). The van der Waals surface area contributed by atoms with Crippen LogP contribution < -0.4 is 19.5 Å². The molecule has 82 valence electrons. The van der Waals surface area contributed by atoms with Crippen molar-refractivity contribution in [2.24, 2.45) is 0 Å². The van der Waals surface area contributed by atoms with Crippen molar-refractivity contribution in [1.82, 2.24) is 5.32 Å². The minimum atomic E-state index is 0.279. The maximum absolute atomic E-state index is 5.34. The summed E-state index contributed by atoms with van der Waals surface area (Å²) in [4.78, 5) is 0. The molecule has 0 aliphatic carbocycles. The molecule has 1 aromatic rings. The van der Waals surface area contributed by atoms with Crippen molar-refractivity contribution < 1.29 is 14.2 Å². The smallest absolute Gasteiger partial charge is 0.231 e. The lowest BCUT2D eigenvalue weighted by Crippen LogP contribution is -2.10. The van der Waals surface area contributed by atoms with E-state index in [1.54, 1.807) is 7.11 Å². The van der Waals surface area contributed by atoms with Gasteiger partial charge in [0.15, 0.2) is 11.5 Å². The average Bonchev–Trinajstić information content (AvgIpc) is 2.73. The van der Waals surface area contributed by atoms with E-state index in [9.17, 15) is 0 Å². The fraction of sp³-hybridized carbons (Fsp3) is 0.455. The molecule has 0 radical (unpaired) electrons. The van der Waals surface area contributed by atoms with Crippen LogP contribution in [-0.4, -0.2) is 27.5 Å². The van der Waals surface area contributed by atoms with E-state index in [4.69, 9.17) is 14.2 Å². The van der Waals surface area contributed by atoms with Gasteiger partial charge in [-0.1, -0.05) is 0 Å². The topological polar surface area (TPSA) is 39.7 Å². The summed E-state index contributed by atoms with van der Waals surface area (Å²) in [6.45, 7) is 1.21. The Kier molecular flexibility index (Phi) is 2.97. The molecule has 0 saturated heterocycles. The van der Waals surface area contributed by atoms with Gasteiger partial charge in [0, 0.05) is 0 Å². The summed E-state index contributed by atoms with van der Waals surface area (Å²) < 4.78 is 15.9. The van der Waals surface area contributed by atoms with E-state index in [1.807, 2.05) is 19.2 Å². The van der Waals surface area contributed by atoms with Gasteiger partial charge in [0.25, 0.3) is 0 Å². The van der Waals surface area contributed by atoms with Gasteiger partial charge in [-0.05, 0) is 37.7 Å². The summed E-state index contributed by atoms with van der Waals surface area (Å²) in [6, 6.07) is 3.99. The average molecular weight is 209 g/mol. The van der Waals surface area contributed by atoms with Crippen LogP contribution in [0.5, 0.6) is 17.2 Å². The standard InChI is InChI=1S/C11H15NO3/c1-12-4-3-8-5-9(13-2)11-10(6-8)14-7-15-11/h5-6,12H,3-4,7H2,1-2H3. The summed E-state index contributed by atoms with van der Waals surface area (Å²) in [5.74, 6) is 2.24. The molecule has 1 N–H and O–H groups in total. The predicted molar refractivity (Wildman–Crippen MR) is 56.7 cm³/mol. The number of hydrogen-bond donors (Lipinski definition) is 1. The molecule has 4 nitrogen and oxygen atoms in total. The number of methoxy groups -OCH3 is 1. The van der Waals surface area contributed by atoms with E-state index in [0.29, 0.717) is 5.75 Å². The molecule has 1 aliphatic heterocycles. The Balaban J connectivity index is 2.26. The molecule has 0 atom stereocenters. The lowest BCUT2D eigenvalue weighted by molar-refractivity contribution is 0.171. The number of hydrogen-bond acceptors (Lipinski definition) is 4. The van der Waals surface area contributed by atoms with Gasteiger partial charge in [-0.15, -0.1) is 0 Å². The Bertz CT molecular complexity index is 352. The lowest BCUT2D eigenvalue weighted by atomic mass is 10.1. The second-order valence-electron chi connectivity index (χ2n) is 3.39. The highest BCUT2D eigenvalue weighted by atomic mass is 16.7. The molecule has 0 spiro atoms. The highest BCUT2D eigenvalue weighted by Crippen LogP contribution is 2.41. The Morgan fingerprint density at radius 2 is 2.27 bits per heavy atom. The third-order valence-electron chi connectivity index (χ3n) is 2.38. The quantitative estimate of drug-likeness (QED) is 0.808. The van der Waals surface area contributed by atoms with Crippen LogP contribution in [0, 0.1) is 0 Å². The number of likely N-dealkylation sites (N-methyl/N-ethyl adjacent to an activating group) is 1. The zero-order valence-electron chi connectivity index (χ0n) is 9.00. The molecule has 0 unspecified atom stereocenters. The molecule has 0 saturated carbocycles. The molecule has 0 fully saturated rings. The zero-order chi connectivity index (χ0) is 10.7. The normalized spacial score (nSPS) is 12.9. The minimum Gasteiger partial charge on any atom is -0.493 e. The Morgan fingerprint density at radius 1 is 1.40 bits per heavy atom. The minimum absolute atomic E-state index is 0.279. The molecule has 1 heterocycles. The molecule has 0 aromatic heterocycles. The summed E-state index contributed by atoms with van der Waals surface area (Å²) >= 11 is 0. The van der Waals surface area contributed by atoms with Crippen LogP contribution in [-0.2, 0) is 6.42 Å². The Hall–Kier alpha value is -1.42. The molecular formula is C11H15NO3. The van der Waals surface area contributed by atoms with Crippen LogP contribution in [0.25, 0.3) is 0 Å². The van der Waals surface area contributed by atoms with Crippen molar-refractivity contribution in [3.05, 3.63) is 17.7 Å². The first-order valence-corrected chi connectivity index (χ1v) is 4.96. The summed E-state index contributed by atoms with van der Waals surface area (Å²) in [7, 11) is 3.57. The number of ether oxygens (including phenoxy) is 3. The van der Waals surface area contributed by atoms with Crippen LogP contribution in [0.1, 0.15) is 5.56 Å². The van der Waals surface area contributed by atoms with Gasteiger partial charge >= 0.3 is 0 Å². The van der Waals surface area contributed by atoms with Crippen molar-refractivity contribution >= 4 is 0 Å². The van der Waals surface area contributed by atoms with Crippen LogP contribution in [0.15, 0.2) is 12.1 Å². The zero-order valence-corrected chi connectivity index (χ0v) is 9.00. The monoisotopic (exact) mass is 209 g/mol. The van der Waals surface area contributed by atoms with Crippen LogP contribution >= 0.6 is 0 Å². The van der Waals surface area contributed by atoms with Crippen molar-refractivity contribution in [3.8, 4) is 17.2 Å². The number of fused-ring (bicyclic) bond motifs is 1. The SMILES string of the molecule is CNCCc1cc(OC)c2c(c1)OCO2. The van der Waals surface area contributed by atoms with E-state index < -0.39 is 0 Å². The number of nitrogens with one attached hydrogen (secondary N) is 1. The molecule has 0 bridgehead atoms. The van der Waals surface area contributed by atoms with Gasteiger partial charge in [0.05, 0.1) is 7.11 Å². The molecular weight excluding hydrogens is 194 g/mol. The van der Waals surface area contributed by atoms with Crippen LogP contribution in [0.2, 0.25) is 0 Å². The fourth-order valence-corrected chi connectivity index (χ4v) is 1.60. The Labute approximate surface area is 89.1 Å². The largest absolute Gasteiger partial charge is 0.493 e. The first-order valence-electron chi connectivity index (χ1n) is 4.96. The number of benzene rings is 1. The van der Waals surface area contributed by atoms with Gasteiger partial charge in [0.1, 0.15) is 0 Å². The predicted octanol–water partition coefficient (Wildman–Crippen LogP) is 1.19. The van der Waals surface area contributed by atoms with Gasteiger partial charge in [-0.3, -0.25) is 0 Å². The van der Waals surface area contributed by atoms with E-state index >= 15 is 0 Å². The highest BCUT2D eigenvalue weighted by molar-refractivity contribution is 5.55. The molecule has 1 aromatic carbocycles. The first kappa shape index (κ1) is 10.1. The van der Waals surface area contributed by atoms with Crippen molar-refractivity contribution in [2.45, 2.75) is 6.42 Å². The van der Waals surface area contributed by atoms with Crippen molar-refractivity contribution in [1.29, 1.82) is 0 Å². The van der Waals surface area contributed by atoms with Crippen molar-refractivity contribution in [2.75, 3.05) is 27.5 Å². The first-order chi connectivity index (χ1) is 7.35. The molecule has 15 heavy (non-hydrogen) atoms. The van der Waals surface area contributed by atoms with Crippen molar-refractivity contribution in [3.63, 3.8) is 0 Å². The molecule has 0 amide bonds. The third-order valence-corrected chi connectivity index (χ3v) is 2.38. The summed E-state index contributed by atoms with van der Waals surface area (Å²) in [5, 5.41) is 3.11. The van der Waals surface area contributed by atoms with Crippen LogP contribution in [0.3, 0.4) is 0 Å². The maximum atomic E-state index is 5.34. The third kappa shape index (κ3) is 1.99. The Morgan fingerprint density at radius 3 is 3.00 bits per heavy atom. The van der Waals surface area contributed by atoms with E-state index in [2.05, 4.69) is 5.32 Å². The van der Waals surface area contributed by atoms with Crippen LogP contribution in [0.4, 0.5) is 0 Å². The molecule has 1 aliphatic rings. The molecule has 4 heteroatoms. The summed E-state index contributed by atoms with van der Waals surface area (Å²) in [5.41, 5.74) is 1.19. The van der Waals surface area contributed by atoms with Gasteiger partial charge < -0.3 is 19.5 Å². The fourth-order valence-electron chi connectivity index (χ4n) is 1.60. The van der Waals surface area contributed by atoms with E-state index in [1.165, 1.54) is 5.56 Å². The lowest BCUT2D eigenvalue weighted by Gasteiger charge is -2.07. The second kappa shape index (κ2) is 4.40. The number of rotatable bonds is 4. The van der Waals surface area contributed by atoms with Gasteiger partial charge in [-0.25, -0.2) is 0 Å². The highest BCUT2D eigenvalue weighted by Gasteiger charge is 2.19. The second-order valence-corrected chi connectivity index (χ2v) is 3.39.